The third-order valence-corrected chi connectivity index (χ3v) is 2.26. The van der Waals surface area contributed by atoms with Gasteiger partial charge in [-0.2, -0.15) is 0 Å². The van der Waals surface area contributed by atoms with Gasteiger partial charge in [-0.05, 0) is 25.7 Å². The molecular weight excluding hydrogens is 216 g/mol. The largest absolute Gasteiger partial charge is 0.346 e. The number of aryl methyl sites for hydroxylation is 1. The Kier molecular flexibility index (Phi) is 3.59. The molecule has 0 fully saturated rings. The van der Waals surface area contributed by atoms with Crippen LogP contribution in [-0.2, 0) is 7.05 Å². The Morgan fingerprint density at radius 1 is 1.35 bits per heavy atom. The van der Waals surface area contributed by atoms with E-state index < -0.39 is 0 Å². The van der Waals surface area contributed by atoms with Crippen molar-refractivity contribution < 1.29 is 4.79 Å². The normalized spacial score (nSPS) is 12.6. The molecular formula is C12H22N4O. The van der Waals surface area contributed by atoms with Crippen LogP contribution in [0.5, 0.6) is 0 Å². The molecule has 0 saturated heterocycles. The molecule has 0 unspecified atom stereocenters. The second-order valence-corrected chi connectivity index (χ2v) is 6.35. The molecule has 5 nitrogen and oxygen atoms in total. The number of amides is 1. The summed E-state index contributed by atoms with van der Waals surface area (Å²) in [4.78, 5) is 11.9. The first-order valence-electron chi connectivity index (χ1n) is 5.78. The maximum absolute atomic E-state index is 11.9. The van der Waals surface area contributed by atoms with Crippen molar-refractivity contribution in [3.63, 3.8) is 0 Å². The summed E-state index contributed by atoms with van der Waals surface area (Å²) in [6, 6.07) is 0. The molecule has 0 aliphatic carbocycles. The molecule has 1 aromatic heterocycles. The highest BCUT2D eigenvalue weighted by Crippen LogP contribution is 2.26. The van der Waals surface area contributed by atoms with E-state index in [0.29, 0.717) is 5.69 Å². The first-order chi connectivity index (χ1) is 7.59. The van der Waals surface area contributed by atoms with E-state index in [4.69, 9.17) is 0 Å². The highest BCUT2D eigenvalue weighted by Gasteiger charge is 2.28. The van der Waals surface area contributed by atoms with Crippen LogP contribution >= 0.6 is 0 Å². The van der Waals surface area contributed by atoms with E-state index in [2.05, 4.69) is 36.4 Å². The fraction of sp³-hybridized carbons (Fsp3) is 0.750. The van der Waals surface area contributed by atoms with Crippen LogP contribution in [0.25, 0.3) is 0 Å². The van der Waals surface area contributed by atoms with Crippen molar-refractivity contribution in [1.82, 2.24) is 20.3 Å². The number of nitrogens with zero attached hydrogens (tertiary/aromatic N) is 3. The Bertz CT molecular complexity index is 401. The van der Waals surface area contributed by atoms with Gasteiger partial charge in [0.2, 0.25) is 0 Å². The Labute approximate surface area is 103 Å². The summed E-state index contributed by atoms with van der Waals surface area (Å²) in [5, 5.41) is 10.5. The molecule has 0 aromatic carbocycles. The van der Waals surface area contributed by atoms with Crippen LogP contribution in [0.1, 0.15) is 51.5 Å². The minimum Gasteiger partial charge on any atom is -0.346 e. The van der Waals surface area contributed by atoms with Gasteiger partial charge in [0.05, 0.1) is 6.20 Å². The maximum atomic E-state index is 11.9. The lowest BCUT2D eigenvalue weighted by atomic mass is 9.82. The lowest BCUT2D eigenvalue weighted by Gasteiger charge is -2.33. The quantitative estimate of drug-likeness (QED) is 0.873. The predicted molar refractivity (Wildman–Crippen MR) is 66.6 cm³/mol. The van der Waals surface area contributed by atoms with Gasteiger partial charge in [0.25, 0.3) is 5.91 Å². The molecule has 5 heteroatoms. The average molecular weight is 238 g/mol. The van der Waals surface area contributed by atoms with Gasteiger partial charge in [-0.1, -0.05) is 26.0 Å². The van der Waals surface area contributed by atoms with Gasteiger partial charge in [0.15, 0.2) is 5.69 Å². The summed E-state index contributed by atoms with van der Waals surface area (Å²) in [6.07, 6.45) is 2.51. The second kappa shape index (κ2) is 4.47. The summed E-state index contributed by atoms with van der Waals surface area (Å²) in [6.45, 7) is 10.5. The van der Waals surface area contributed by atoms with Crippen LogP contribution in [0.3, 0.4) is 0 Å². The molecule has 0 radical (unpaired) electrons. The minimum absolute atomic E-state index is 0.166. The highest BCUT2D eigenvalue weighted by molar-refractivity contribution is 5.92. The molecule has 96 valence electrons. The minimum atomic E-state index is -0.257. The van der Waals surface area contributed by atoms with Crippen molar-refractivity contribution in [2.24, 2.45) is 12.5 Å². The Morgan fingerprint density at radius 3 is 2.35 bits per heavy atom. The molecule has 0 saturated carbocycles. The van der Waals surface area contributed by atoms with Crippen molar-refractivity contribution in [3.8, 4) is 0 Å². The molecule has 1 amide bonds. The number of carbonyl (C=O) groups is 1. The predicted octanol–water partition coefficient (Wildman–Crippen LogP) is 1.76. The fourth-order valence-electron chi connectivity index (χ4n) is 2.19. The summed E-state index contributed by atoms with van der Waals surface area (Å²) in [5.41, 5.74) is 0.265. The topological polar surface area (TPSA) is 59.8 Å². The molecule has 1 N–H and O–H groups in total. The van der Waals surface area contributed by atoms with Crippen LogP contribution in [0.4, 0.5) is 0 Å². The van der Waals surface area contributed by atoms with Crippen LogP contribution in [-0.4, -0.2) is 26.4 Å². The lowest BCUT2D eigenvalue weighted by molar-refractivity contribution is 0.0886. The number of carbonyl (C=O) groups excluding carboxylic acids is 1. The Balaban J connectivity index is 2.68. The summed E-state index contributed by atoms with van der Waals surface area (Å²) in [5.74, 6) is -0.174. The fourth-order valence-corrected chi connectivity index (χ4v) is 2.19. The van der Waals surface area contributed by atoms with Gasteiger partial charge < -0.3 is 5.32 Å². The van der Waals surface area contributed by atoms with Crippen molar-refractivity contribution in [1.29, 1.82) is 0 Å². The molecule has 1 heterocycles. The molecule has 1 aromatic rings. The van der Waals surface area contributed by atoms with Crippen molar-refractivity contribution >= 4 is 5.91 Å². The van der Waals surface area contributed by atoms with E-state index in [9.17, 15) is 4.79 Å². The van der Waals surface area contributed by atoms with Gasteiger partial charge >= 0.3 is 0 Å². The SMILES string of the molecule is Cn1cc(C(=O)NC(C)(C)CC(C)(C)C)nn1. The third kappa shape index (κ3) is 4.54. The lowest BCUT2D eigenvalue weighted by Crippen LogP contribution is -2.45. The summed E-state index contributed by atoms with van der Waals surface area (Å²) < 4.78 is 1.52. The van der Waals surface area contributed by atoms with Gasteiger partial charge in [0.1, 0.15) is 0 Å². The van der Waals surface area contributed by atoms with Gasteiger partial charge in [-0.3, -0.25) is 9.48 Å². The van der Waals surface area contributed by atoms with E-state index in [1.165, 1.54) is 4.68 Å². The molecule has 0 bridgehead atoms. The Morgan fingerprint density at radius 2 is 1.94 bits per heavy atom. The first-order valence-corrected chi connectivity index (χ1v) is 5.78. The summed E-state index contributed by atoms with van der Waals surface area (Å²) >= 11 is 0. The number of nitrogens with one attached hydrogen (secondary N) is 1. The number of aromatic nitrogens is 3. The molecule has 0 aliphatic heterocycles. The monoisotopic (exact) mass is 238 g/mol. The smallest absolute Gasteiger partial charge is 0.273 e. The average Bonchev–Trinajstić information content (AvgIpc) is 2.45. The highest BCUT2D eigenvalue weighted by atomic mass is 16.2. The zero-order valence-electron chi connectivity index (χ0n) is 11.5. The molecule has 1 rings (SSSR count). The molecule has 0 spiro atoms. The van der Waals surface area contributed by atoms with Crippen LogP contribution in [0.15, 0.2) is 6.20 Å². The zero-order valence-corrected chi connectivity index (χ0v) is 11.5. The maximum Gasteiger partial charge on any atom is 0.273 e. The third-order valence-electron chi connectivity index (χ3n) is 2.26. The number of hydrogen-bond acceptors (Lipinski definition) is 3. The number of rotatable bonds is 3. The first kappa shape index (κ1) is 13.7. The van der Waals surface area contributed by atoms with E-state index in [0.717, 1.165) is 6.42 Å². The Hall–Kier alpha value is -1.39. The van der Waals surface area contributed by atoms with Crippen molar-refractivity contribution in [3.05, 3.63) is 11.9 Å². The molecule has 17 heavy (non-hydrogen) atoms. The zero-order chi connectivity index (χ0) is 13.3. The van der Waals surface area contributed by atoms with Gasteiger partial charge in [-0.25, -0.2) is 0 Å². The van der Waals surface area contributed by atoms with Crippen LogP contribution < -0.4 is 5.32 Å². The van der Waals surface area contributed by atoms with E-state index in [1.807, 2.05) is 13.8 Å². The van der Waals surface area contributed by atoms with E-state index >= 15 is 0 Å². The van der Waals surface area contributed by atoms with Gasteiger partial charge in [-0.15, -0.1) is 5.10 Å². The van der Waals surface area contributed by atoms with Crippen molar-refractivity contribution in [2.45, 2.75) is 46.6 Å². The van der Waals surface area contributed by atoms with Crippen LogP contribution in [0.2, 0.25) is 0 Å². The van der Waals surface area contributed by atoms with Crippen LogP contribution in [0, 0.1) is 5.41 Å². The van der Waals surface area contributed by atoms with E-state index in [1.54, 1.807) is 13.2 Å². The number of hydrogen-bond donors (Lipinski definition) is 1. The van der Waals surface area contributed by atoms with Gasteiger partial charge in [0, 0.05) is 12.6 Å². The van der Waals surface area contributed by atoms with Crippen molar-refractivity contribution in [2.75, 3.05) is 0 Å². The summed E-state index contributed by atoms with van der Waals surface area (Å²) in [7, 11) is 1.74. The second-order valence-electron chi connectivity index (χ2n) is 6.35. The molecule has 0 atom stereocenters. The molecule has 0 aliphatic rings. The standard InChI is InChI=1S/C12H22N4O/c1-11(2,3)8-12(4,5)13-10(17)9-7-16(6)15-14-9/h7H,8H2,1-6H3,(H,13,17). The van der Waals surface area contributed by atoms with E-state index in [-0.39, 0.29) is 16.9 Å².